The SMILES string of the molecule is NCCC1CC12CCCN(Cc1ccccc1)C2. The second-order valence-electron chi connectivity index (χ2n) is 6.14. The molecule has 0 amide bonds. The number of hydrogen-bond acceptors (Lipinski definition) is 2. The van der Waals surface area contributed by atoms with Gasteiger partial charge in [-0.15, -0.1) is 0 Å². The summed E-state index contributed by atoms with van der Waals surface area (Å²) in [5, 5.41) is 0. The van der Waals surface area contributed by atoms with Crippen LogP contribution in [-0.4, -0.2) is 24.5 Å². The van der Waals surface area contributed by atoms with Crippen LogP contribution in [0.4, 0.5) is 0 Å². The van der Waals surface area contributed by atoms with Gasteiger partial charge < -0.3 is 5.73 Å². The average Bonchev–Trinajstić information content (AvgIpc) is 3.03. The molecule has 18 heavy (non-hydrogen) atoms. The lowest BCUT2D eigenvalue weighted by molar-refractivity contribution is 0.142. The minimum Gasteiger partial charge on any atom is -0.330 e. The van der Waals surface area contributed by atoms with Gasteiger partial charge in [-0.1, -0.05) is 30.3 Å². The van der Waals surface area contributed by atoms with Gasteiger partial charge in [0.25, 0.3) is 0 Å². The third-order valence-corrected chi connectivity index (χ3v) is 4.81. The zero-order valence-electron chi connectivity index (χ0n) is 11.1. The predicted molar refractivity (Wildman–Crippen MR) is 75.2 cm³/mol. The van der Waals surface area contributed by atoms with Gasteiger partial charge >= 0.3 is 0 Å². The van der Waals surface area contributed by atoms with Gasteiger partial charge in [0.1, 0.15) is 0 Å². The minimum absolute atomic E-state index is 0.645. The second-order valence-corrected chi connectivity index (χ2v) is 6.14. The van der Waals surface area contributed by atoms with E-state index < -0.39 is 0 Å². The maximum absolute atomic E-state index is 5.70. The van der Waals surface area contributed by atoms with Gasteiger partial charge in [-0.2, -0.15) is 0 Å². The van der Waals surface area contributed by atoms with Crippen molar-refractivity contribution >= 4 is 0 Å². The number of nitrogens with two attached hydrogens (primary N) is 1. The molecule has 98 valence electrons. The molecule has 3 rings (SSSR count). The molecule has 0 radical (unpaired) electrons. The monoisotopic (exact) mass is 244 g/mol. The van der Waals surface area contributed by atoms with Gasteiger partial charge in [-0.25, -0.2) is 0 Å². The van der Waals surface area contributed by atoms with Crippen LogP contribution >= 0.6 is 0 Å². The van der Waals surface area contributed by atoms with Crippen molar-refractivity contribution in [2.45, 2.75) is 32.2 Å². The molecular weight excluding hydrogens is 220 g/mol. The number of benzene rings is 1. The molecule has 0 bridgehead atoms. The Morgan fingerprint density at radius 1 is 1.28 bits per heavy atom. The number of nitrogens with zero attached hydrogens (tertiary/aromatic N) is 1. The molecule has 0 aromatic heterocycles. The quantitative estimate of drug-likeness (QED) is 0.882. The first-order chi connectivity index (χ1) is 8.82. The topological polar surface area (TPSA) is 29.3 Å². The van der Waals surface area contributed by atoms with Crippen LogP contribution in [0.2, 0.25) is 0 Å². The molecule has 2 N–H and O–H groups in total. The summed E-state index contributed by atoms with van der Waals surface area (Å²) in [4.78, 5) is 2.65. The van der Waals surface area contributed by atoms with Gasteiger partial charge in [0, 0.05) is 13.1 Å². The first-order valence-corrected chi connectivity index (χ1v) is 7.29. The maximum atomic E-state index is 5.70. The van der Waals surface area contributed by atoms with Crippen molar-refractivity contribution in [1.82, 2.24) is 4.90 Å². The van der Waals surface area contributed by atoms with E-state index in [4.69, 9.17) is 5.73 Å². The smallest absolute Gasteiger partial charge is 0.0233 e. The largest absolute Gasteiger partial charge is 0.330 e. The summed E-state index contributed by atoms with van der Waals surface area (Å²) in [7, 11) is 0. The number of likely N-dealkylation sites (tertiary alicyclic amines) is 1. The lowest BCUT2D eigenvalue weighted by atomic mass is 9.91. The Balaban J connectivity index is 1.59. The van der Waals surface area contributed by atoms with Crippen molar-refractivity contribution in [3.8, 4) is 0 Å². The summed E-state index contributed by atoms with van der Waals surface area (Å²) in [6, 6.07) is 10.9. The third-order valence-electron chi connectivity index (χ3n) is 4.81. The van der Waals surface area contributed by atoms with Crippen LogP contribution in [0.1, 0.15) is 31.2 Å². The van der Waals surface area contributed by atoms with Crippen LogP contribution in [0.15, 0.2) is 30.3 Å². The molecule has 1 aliphatic carbocycles. The summed E-state index contributed by atoms with van der Waals surface area (Å²) >= 11 is 0. The van der Waals surface area contributed by atoms with E-state index in [0.29, 0.717) is 5.41 Å². The maximum Gasteiger partial charge on any atom is 0.0233 e. The minimum atomic E-state index is 0.645. The number of hydrogen-bond donors (Lipinski definition) is 1. The van der Waals surface area contributed by atoms with E-state index in [-0.39, 0.29) is 0 Å². The van der Waals surface area contributed by atoms with E-state index in [1.54, 1.807) is 0 Å². The van der Waals surface area contributed by atoms with Crippen molar-refractivity contribution in [3.05, 3.63) is 35.9 Å². The Morgan fingerprint density at radius 3 is 2.89 bits per heavy atom. The molecular formula is C16H24N2. The van der Waals surface area contributed by atoms with E-state index in [1.807, 2.05) is 0 Å². The average molecular weight is 244 g/mol. The highest BCUT2D eigenvalue weighted by Gasteiger charge is 2.54. The van der Waals surface area contributed by atoms with Crippen molar-refractivity contribution in [2.75, 3.05) is 19.6 Å². The molecule has 1 aromatic rings. The van der Waals surface area contributed by atoms with Gasteiger partial charge in [0.05, 0.1) is 0 Å². The Labute approximate surface area is 110 Å². The molecule has 2 aliphatic rings. The summed E-state index contributed by atoms with van der Waals surface area (Å²) < 4.78 is 0. The molecule has 1 saturated heterocycles. The summed E-state index contributed by atoms with van der Waals surface area (Å²) in [5.41, 5.74) is 7.80. The highest BCUT2D eigenvalue weighted by atomic mass is 15.1. The molecule has 2 heteroatoms. The Morgan fingerprint density at radius 2 is 2.11 bits per heavy atom. The lowest BCUT2D eigenvalue weighted by Gasteiger charge is -2.34. The van der Waals surface area contributed by atoms with Crippen LogP contribution in [0.5, 0.6) is 0 Å². The zero-order valence-corrected chi connectivity index (χ0v) is 11.1. The van der Waals surface area contributed by atoms with Crippen molar-refractivity contribution in [3.63, 3.8) is 0 Å². The van der Waals surface area contributed by atoms with Crippen LogP contribution < -0.4 is 5.73 Å². The first kappa shape index (κ1) is 12.2. The summed E-state index contributed by atoms with van der Waals surface area (Å²) in [6.45, 7) is 4.56. The lowest BCUT2D eigenvalue weighted by Crippen LogP contribution is -2.37. The predicted octanol–water partition coefficient (Wildman–Crippen LogP) is 2.64. The van der Waals surface area contributed by atoms with E-state index in [2.05, 4.69) is 35.2 Å². The Hall–Kier alpha value is -0.860. The van der Waals surface area contributed by atoms with Gasteiger partial charge in [0.15, 0.2) is 0 Å². The number of rotatable bonds is 4. The van der Waals surface area contributed by atoms with Crippen LogP contribution in [-0.2, 0) is 6.54 Å². The molecule has 1 heterocycles. The van der Waals surface area contributed by atoms with E-state index in [9.17, 15) is 0 Å². The van der Waals surface area contributed by atoms with Gasteiger partial charge in [-0.05, 0) is 55.7 Å². The second kappa shape index (κ2) is 5.02. The molecule has 2 fully saturated rings. The van der Waals surface area contributed by atoms with E-state index in [1.165, 1.54) is 44.3 Å². The van der Waals surface area contributed by atoms with E-state index in [0.717, 1.165) is 19.0 Å². The van der Waals surface area contributed by atoms with Crippen LogP contribution in [0.3, 0.4) is 0 Å². The first-order valence-electron chi connectivity index (χ1n) is 7.29. The van der Waals surface area contributed by atoms with Crippen molar-refractivity contribution in [2.24, 2.45) is 17.1 Å². The molecule has 2 nitrogen and oxygen atoms in total. The highest BCUT2D eigenvalue weighted by molar-refractivity contribution is 5.15. The van der Waals surface area contributed by atoms with Crippen LogP contribution in [0, 0.1) is 11.3 Å². The molecule has 1 aliphatic heterocycles. The highest BCUT2D eigenvalue weighted by Crippen LogP contribution is 2.59. The fraction of sp³-hybridized carbons (Fsp3) is 0.625. The molecule has 2 unspecified atom stereocenters. The Bertz CT molecular complexity index is 389. The van der Waals surface area contributed by atoms with Crippen molar-refractivity contribution in [1.29, 1.82) is 0 Å². The van der Waals surface area contributed by atoms with Gasteiger partial charge in [0.2, 0.25) is 0 Å². The van der Waals surface area contributed by atoms with E-state index >= 15 is 0 Å². The molecule has 2 atom stereocenters. The fourth-order valence-corrected chi connectivity index (χ4v) is 3.78. The zero-order chi connectivity index (χ0) is 12.4. The van der Waals surface area contributed by atoms with Crippen LogP contribution in [0.25, 0.3) is 0 Å². The van der Waals surface area contributed by atoms with Gasteiger partial charge in [-0.3, -0.25) is 4.90 Å². The fourth-order valence-electron chi connectivity index (χ4n) is 3.78. The summed E-state index contributed by atoms with van der Waals surface area (Å²) in [5.74, 6) is 0.918. The Kier molecular flexibility index (Phi) is 3.40. The van der Waals surface area contributed by atoms with Crippen molar-refractivity contribution < 1.29 is 0 Å². The summed E-state index contributed by atoms with van der Waals surface area (Å²) in [6.07, 6.45) is 5.46. The normalized spacial score (nSPS) is 31.7. The third kappa shape index (κ3) is 2.45. The molecule has 1 saturated carbocycles. The number of piperidine rings is 1. The molecule has 1 aromatic carbocycles. The standard InChI is InChI=1S/C16H24N2/c17-9-7-15-11-16(15)8-4-10-18(13-16)12-14-5-2-1-3-6-14/h1-3,5-6,15H,4,7-13,17H2. The molecule has 1 spiro atoms.